The number of hydrogen-bond donors (Lipinski definition) is 1. The molecule has 26 heavy (non-hydrogen) atoms. The van der Waals surface area contributed by atoms with E-state index in [9.17, 15) is 9.18 Å². The van der Waals surface area contributed by atoms with Gasteiger partial charge in [0.2, 0.25) is 0 Å². The molecule has 1 aliphatic rings. The first-order valence-electron chi connectivity index (χ1n) is 8.63. The molecule has 0 unspecified atom stereocenters. The summed E-state index contributed by atoms with van der Waals surface area (Å²) in [6.07, 6.45) is 3.21. The van der Waals surface area contributed by atoms with Crippen molar-refractivity contribution in [3.8, 4) is 0 Å². The van der Waals surface area contributed by atoms with Gasteiger partial charge in [0.25, 0.3) is 5.91 Å². The minimum atomic E-state index is -0.487. The number of benzene rings is 1. The molecule has 134 valence electrons. The highest BCUT2D eigenvalue weighted by Gasteiger charge is 2.24. The molecule has 1 aromatic carbocycles. The van der Waals surface area contributed by atoms with Crippen LogP contribution in [0.3, 0.4) is 0 Å². The van der Waals surface area contributed by atoms with Gasteiger partial charge >= 0.3 is 0 Å². The summed E-state index contributed by atoms with van der Waals surface area (Å²) in [6.45, 7) is 3.66. The number of hydrogen-bond acceptors (Lipinski definition) is 5. The number of anilines is 1. The Morgan fingerprint density at radius 2 is 2.04 bits per heavy atom. The van der Waals surface area contributed by atoms with Gasteiger partial charge in [0.15, 0.2) is 0 Å². The van der Waals surface area contributed by atoms with E-state index in [0.29, 0.717) is 0 Å². The Balaban J connectivity index is 1.42. The van der Waals surface area contributed by atoms with Crippen LogP contribution in [0.4, 0.5) is 10.2 Å². The topological polar surface area (TPSA) is 58.1 Å². The number of carbonyl (C=O) groups is 1. The number of aromatic nitrogens is 2. The smallest absolute Gasteiger partial charge is 0.254 e. The van der Waals surface area contributed by atoms with Crippen LogP contribution in [-0.4, -0.2) is 35.0 Å². The summed E-state index contributed by atoms with van der Waals surface area (Å²) in [6, 6.07) is 8.24. The molecule has 1 fully saturated rings. The molecule has 4 rings (SSSR count). The Morgan fingerprint density at radius 1 is 1.27 bits per heavy atom. The molecular formula is C19H19FN4OS. The van der Waals surface area contributed by atoms with Crippen molar-refractivity contribution < 1.29 is 9.18 Å². The van der Waals surface area contributed by atoms with Crippen molar-refractivity contribution in [2.45, 2.75) is 25.8 Å². The number of halogens is 1. The number of nitrogens with zero attached hydrogens (tertiary/aromatic N) is 3. The van der Waals surface area contributed by atoms with Crippen LogP contribution in [0.1, 0.15) is 28.1 Å². The van der Waals surface area contributed by atoms with Gasteiger partial charge in [-0.25, -0.2) is 14.4 Å². The van der Waals surface area contributed by atoms with Gasteiger partial charge in [0, 0.05) is 24.0 Å². The van der Waals surface area contributed by atoms with Crippen molar-refractivity contribution in [3.05, 3.63) is 52.9 Å². The zero-order chi connectivity index (χ0) is 18.1. The largest absolute Gasteiger partial charge is 0.356 e. The third-order valence-corrected chi connectivity index (χ3v) is 5.64. The van der Waals surface area contributed by atoms with Crippen LogP contribution in [0.25, 0.3) is 10.2 Å². The maximum atomic E-state index is 13.7. The highest BCUT2D eigenvalue weighted by molar-refractivity contribution is 7.18. The normalized spacial score (nSPS) is 15.4. The zero-order valence-corrected chi connectivity index (χ0v) is 15.2. The zero-order valence-electron chi connectivity index (χ0n) is 14.4. The van der Waals surface area contributed by atoms with E-state index < -0.39 is 5.82 Å². The van der Waals surface area contributed by atoms with E-state index in [0.717, 1.165) is 42.0 Å². The molecule has 1 saturated heterocycles. The van der Waals surface area contributed by atoms with E-state index in [1.807, 2.05) is 0 Å². The van der Waals surface area contributed by atoms with Crippen molar-refractivity contribution in [2.75, 3.05) is 18.0 Å². The lowest BCUT2D eigenvalue weighted by Crippen LogP contribution is -2.45. The van der Waals surface area contributed by atoms with Gasteiger partial charge in [0.05, 0.1) is 10.9 Å². The summed E-state index contributed by atoms with van der Waals surface area (Å²) in [5.74, 6) is 0.122. The molecule has 1 amide bonds. The van der Waals surface area contributed by atoms with E-state index in [4.69, 9.17) is 0 Å². The monoisotopic (exact) mass is 370 g/mol. The lowest BCUT2D eigenvalue weighted by Gasteiger charge is -2.33. The van der Waals surface area contributed by atoms with Crippen LogP contribution in [0, 0.1) is 12.7 Å². The maximum Gasteiger partial charge on any atom is 0.254 e. The highest BCUT2D eigenvalue weighted by Crippen LogP contribution is 2.31. The lowest BCUT2D eigenvalue weighted by atomic mass is 10.0. The predicted molar refractivity (Wildman–Crippen MR) is 101 cm³/mol. The Hall–Kier alpha value is -2.54. The molecule has 2 aromatic heterocycles. The number of nitrogens with one attached hydrogen (secondary N) is 1. The Bertz CT molecular complexity index is 950. The molecule has 0 bridgehead atoms. The van der Waals surface area contributed by atoms with Gasteiger partial charge in [0.1, 0.15) is 22.8 Å². The molecular weight excluding hydrogens is 351 g/mol. The molecule has 0 atom stereocenters. The van der Waals surface area contributed by atoms with E-state index >= 15 is 0 Å². The molecule has 0 radical (unpaired) electrons. The Labute approximate surface area is 154 Å². The Kier molecular flexibility index (Phi) is 4.55. The minimum Gasteiger partial charge on any atom is -0.356 e. The van der Waals surface area contributed by atoms with E-state index in [-0.39, 0.29) is 17.5 Å². The average Bonchev–Trinajstić information content (AvgIpc) is 3.03. The van der Waals surface area contributed by atoms with E-state index in [1.165, 1.54) is 17.0 Å². The fraction of sp³-hybridized carbons (Fsp3) is 0.316. The summed E-state index contributed by atoms with van der Waals surface area (Å²) in [7, 11) is 0. The number of amides is 1. The molecule has 0 saturated carbocycles. The second kappa shape index (κ2) is 6.99. The molecule has 1 N–H and O–H groups in total. The molecule has 1 aliphatic heterocycles. The number of piperidine rings is 1. The van der Waals surface area contributed by atoms with Crippen LogP contribution in [0.5, 0.6) is 0 Å². The van der Waals surface area contributed by atoms with Gasteiger partial charge in [-0.1, -0.05) is 12.1 Å². The fourth-order valence-corrected chi connectivity index (χ4v) is 4.20. The first kappa shape index (κ1) is 16.9. The molecule has 0 spiro atoms. The number of fused-ring (bicyclic) bond motifs is 1. The fourth-order valence-electron chi connectivity index (χ4n) is 3.36. The standard InChI is InChI=1S/C19H19FN4OS/c1-12-10-15-17(21-11-22-19(15)26-12)24-8-6-13(7-9-24)23-18(25)14-4-2-3-5-16(14)20/h2-5,10-11,13H,6-9H2,1H3,(H,23,25). The first-order chi connectivity index (χ1) is 12.6. The van der Waals surface area contributed by atoms with Gasteiger partial charge < -0.3 is 10.2 Å². The average molecular weight is 370 g/mol. The number of rotatable bonds is 3. The van der Waals surface area contributed by atoms with Crippen molar-refractivity contribution in [1.82, 2.24) is 15.3 Å². The number of thiophene rings is 1. The van der Waals surface area contributed by atoms with Crippen LogP contribution in [-0.2, 0) is 0 Å². The first-order valence-corrected chi connectivity index (χ1v) is 9.45. The van der Waals surface area contributed by atoms with Crippen molar-refractivity contribution in [1.29, 1.82) is 0 Å². The second-order valence-electron chi connectivity index (χ2n) is 6.49. The van der Waals surface area contributed by atoms with Crippen molar-refractivity contribution in [2.24, 2.45) is 0 Å². The summed E-state index contributed by atoms with van der Waals surface area (Å²) in [4.78, 5) is 25.6. The Morgan fingerprint density at radius 3 is 2.81 bits per heavy atom. The summed E-state index contributed by atoms with van der Waals surface area (Å²) in [5, 5.41) is 4.04. The molecule has 3 aromatic rings. The van der Waals surface area contributed by atoms with Crippen LogP contribution in [0.2, 0.25) is 0 Å². The minimum absolute atomic E-state index is 0.0416. The van der Waals surface area contributed by atoms with Gasteiger partial charge in [-0.05, 0) is 38.0 Å². The van der Waals surface area contributed by atoms with Gasteiger partial charge in [-0.2, -0.15) is 0 Å². The molecule has 0 aliphatic carbocycles. The predicted octanol–water partition coefficient (Wildman–Crippen LogP) is 3.54. The molecule has 3 heterocycles. The SMILES string of the molecule is Cc1cc2c(N3CCC(NC(=O)c4ccccc4F)CC3)ncnc2s1. The summed E-state index contributed by atoms with van der Waals surface area (Å²) >= 11 is 1.67. The van der Waals surface area contributed by atoms with Crippen molar-refractivity contribution >= 4 is 33.3 Å². The van der Waals surface area contributed by atoms with Crippen LogP contribution >= 0.6 is 11.3 Å². The number of carbonyl (C=O) groups excluding carboxylic acids is 1. The summed E-state index contributed by atoms with van der Waals surface area (Å²) < 4.78 is 13.7. The van der Waals surface area contributed by atoms with Crippen LogP contribution in [0.15, 0.2) is 36.7 Å². The molecule has 5 nitrogen and oxygen atoms in total. The van der Waals surface area contributed by atoms with E-state index in [2.05, 4.69) is 33.2 Å². The van der Waals surface area contributed by atoms with E-state index in [1.54, 1.807) is 29.8 Å². The number of aryl methyl sites for hydroxylation is 1. The van der Waals surface area contributed by atoms with Gasteiger partial charge in [-0.3, -0.25) is 4.79 Å². The van der Waals surface area contributed by atoms with Gasteiger partial charge in [-0.15, -0.1) is 11.3 Å². The van der Waals surface area contributed by atoms with Crippen molar-refractivity contribution in [3.63, 3.8) is 0 Å². The van der Waals surface area contributed by atoms with Crippen LogP contribution < -0.4 is 10.2 Å². The lowest BCUT2D eigenvalue weighted by molar-refractivity contribution is 0.0927. The third kappa shape index (κ3) is 3.26. The third-order valence-electron chi connectivity index (χ3n) is 4.68. The second-order valence-corrected chi connectivity index (χ2v) is 7.72. The quantitative estimate of drug-likeness (QED) is 0.766. The molecule has 7 heteroatoms. The summed E-state index contributed by atoms with van der Waals surface area (Å²) in [5.41, 5.74) is 0.0983. The maximum absolute atomic E-state index is 13.7. The highest BCUT2D eigenvalue weighted by atomic mass is 32.1.